The van der Waals surface area contributed by atoms with Crippen LogP contribution in [0.4, 0.5) is 22.9 Å². The summed E-state index contributed by atoms with van der Waals surface area (Å²) in [5.74, 6) is 0.658. The van der Waals surface area contributed by atoms with Gasteiger partial charge in [-0.05, 0) is 24.6 Å². The summed E-state index contributed by atoms with van der Waals surface area (Å²) in [6, 6.07) is 6.88. The van der Waals surface area contributed by atoms with E-state index in [9.17, 15) is 20.2 Å². The minimum absolute atomic E-state index is 0.240. The molecule has 0 aliphatic rings. The summed E-state index contributed by atoms with van der Waals surface area (Å²) >= 11 is 5.68. The van der Waals surface area contributed by atoms with E-state index in [-0.39, 0.29) is 17.1 Å². The van der Waals surface area contributed by atoms with Gasteiger partial charge in [-0.15, -0.1) is 10.2 Å². The Balaban J connectivity index is 1.92. The molecular formula is C14H15ClN6O4. The Morgan fingerprint density at radius 2 is 1.92 bits per heavy atom. The first kappa shape index (κ1) is 18.3. The SMILES string of the molecule is CN(CCCNc1ccc([N+](=O)[O-])cc1[N+](=O)[O-])c1ccc(Cl)nn1. The number of rotatable bonds is 8. The summed E-state index contributed by atoms with van der Waals surface area (Å²) in [6.45, 7) is 1.08. The quantitative estimate of drug-likeness (QED) is 0.429. The lowest BCUT2D eigenvalue weighted by Crippen LogP contribution is -2.22. The highest BCUT2D eigenvalue weighted by Gasteiger charge is 2.19. The van der Waals surface area contributed by atoms with E-state index in [1.807, 2.05) is 11.9 Å². The highest BCUT2D eigenvalue weighted by molar-refractivity contribution is 6.29. The molecule has 0 saturated carbocycles. The maximum Gasteiger partial charge on any atom is 0.299 e. The summed E-state index contributed by atoms with van der Waals surface area (Å²) < 4.78 is 0. The van der Waals surface area contributed by atoms with Crippen LogP contribution in [-0.4, -0.2) is 40.2 Å². The topological polar surface area (TPSA) is 127 Å². The van der Waals surface area contributed by atoms with Crippen LogP contribution in [0.15, 0.2) is 30.3 Å². The summed E-state index contributed by atoms with van der Waals surface area (Å²) in [7, 11) is 1.84. The number of hydrogen-bond donors (Lipinski definition) is 1. The van der Waals surface area contributed by atoms with Crippen molar-refractivity contribution in [1.29, 1.82) is 0 Å². The maximum absolute atomic E-state index is 11.1. The van der Waals surface area contributed by atoms with Gasteiger partial charge >= 0.3 is 0 Å². The second-order valence-corrected chi connectivity index (χ2v) is 5.52. The van der Waals surface area contributed by atoms with Crippen LogP contribution in [0.3, 0.4) is 0 Å². The van der Waals surface area contributed by atoms with Gasteiger partial charge < -0.3 is 10.2 Å². The van der Waals surface area contributed by atoms with Crippen LogP contribution in [0.1, 0.15) is 6.42 Å². The van der Waals surface area contributed by atoms with Crippen LogP contribution in [-0.2, 0) is 0 Å². The van der Waals surface area contributed by atoms with Crippen molar-refractivity contribution in [3.8, 4) is 0 Å². The second-order valence-electron chi connectivity index (χ2n) is 5.13. The highest BCUT2D eigenvalue weighted by atomic mass is 35.5. The number of nitro groups is 2. The monoisotopic (exact) mass is 366 g/mol. The van der Waals surface area contributed by atoms with E-state index in [1.54, 1.807) is 12.1 Å². The van der Waals surface area contributed by atoms with Crippen molar-refractivity contribution in [2.24, 2.45) is 0 Å². The zero-order valence-electron chi connectivity index (χ0n) is 13.3. The third kappa shape index (κ3) is 4.98. The Morgan fingerprint density at radius 3 is 2.52 bits per heavy atom. The molecule has 0 unspecified atom stereocenters. The normalized spacial score (nSPS) is 10.3. The Bertz CT molecular complexity index is 770. The predicted octanol–water partition coefficient (Wildman–Crippen LogP) is 2.88. The van der Waals surface area contributed by atoms with Gasteiger partial charge in [0.1, 0.15) is 5.69 Å². The fourth-order valence-electron chi connectivity index (χ4n) is 2.10. The van der Waals surface area contributed by atoms with Crippen LogP contribution < -0.4 is 10.2 Å². The Labute approximate surface area is 147 Å². The zero-order valence-corrected chi connectivity index (χ0v) is 14.0. The van der Waals surface area contributed by atoms with Crippen LogP contribution in [0.2, 0.25) is 5.15 Å². The van der Waals surface area contributed by atoms with Crippen molar-refractivity contribution in [3.05, 3.63) is 55.7 Å². The molecule has 0 aliphatic carbocycles. The van der Waals surface area contributed by atoms with Crippen molar-refractivity contribution in [3.63, 3.8) is 0 Å². The molecule has 132 valence electrons. The van der Waals surface area contributed by atoms with E-state index in [4.69, 9.17) is 11.6 Å². The fourth-order valence-corrected chi connectivity index (χ4v) is 2.20. The van der Waals surface area contributed by atoms with Gasteiger partial charge in [0, 0.05) is 26.2 Å². The molecule has 1 aromatic heterocycles. The van der Waals surface area contributed by atoms with Crippen molar-refractivity contribution < 1.29 is 9.85 Å². The number of halogens is 1. The first-order valence-corrected chi connectivity index (χ1v) is 7.63. The zero-order chi connectivity index (χ0) is 18.4. The maximum atomic E-state index is 11.1. The molecule has 1 heterocycles. The molecular weight excluding hydrogens is 352 g/mol. The molecule has 0 amide bonds. The number of non-ortho nitro benzene ring substituents is 1. The number of anilines is 2. The summed E-state index contributed by atoms with van der Waals surface area (Å²) in [5.41, 5.74) is -0.408. The molecule has 0 fully saturated rings. The highest BCUT2D eigenvalue weighted by Crippen LogP contribution is 2.28. The summed E-state index contributed by atoms with van der Waals surface area (Å²) in [6.07, 6.45) is 0.662. The van der Waals surface area contributed by atoms with Crippen molar-refractivity contribution >= 4 is 34.5 Å². The smallest absolute Gasteiger partial charge is 0.299 e. The molecule has 10 nitrogen and oxygen atoms in total. The summed E-state index contributed by atoms with van der Waals surface area (Å²) in [4.78, 5) is 22.3. The third-order valence-corrected chi connectivity index (χ3v) is 3.59. The first-order valence-electron chi connectivity index (χ1n) is 7.25. The molecule has 2 aromatic rings. The van der Waals surface area contributed by atoms with Crippen molar-refractivity contribution in [1.82, 2.24) is 10.2 Å². The Kier molecular flexibility index (Phi) is 6.01. The molecule has 25 heavy (non-hydrogen) atoms. The average molecular weight is 367 g/mol. The Hall–Kier alpha value is -3.01. The third-order valence-electron chi connectivity index (χ3n) is 3.38. The molecule has 0 aliphatic heterocycles. The van der Waals surface area contributed by atoms with Gasteiger partial charge in [-0.1, -0.05) is 11.6 Å². The van der Waals surface area contributed by atoms with Gasteiger partial charge in [-0.25, -0.2) is 0 Å². The van der Waals surface area contributed by atoms with Crippen LogP contribution in [0.25, 0.3) is 0 Å². The molecule has 11 heteroatoms. The van der Waals surface area contributed by atoms with E-state index < -0.39 is 9.85 Å². The predicted molar refractivity (Wildman–Crippen MR) is 93.2 cm³/mol. The molecule has 1 N–H and O–H groups in total. The number of hydrogen-bond acceptors (Lipinski definition) is 8. The van der Waals surface area contributed by atoms with Crippen LogP contribution >= 0.6 is 11.6 Å². The van der Waals surface area contributed by atoms with E-state index in [0.29, 0.717) is 30.5 Å². The van der Waals surface area contributed by atoms with Gasteiger partial charge in [0.2, 0.25) is 0 Å². The fraction of sp³-hybridized carbons (Fsp3) is 0.286. The van der Waals surface area contributed by atoms with Gasteiger partial charge in [0.15, 0.2) is 11.0 Å². The molecule has 0 atom stereocenters. The largest absolute Gasteiger partial charge is 0.379 e. The Morgan fingerprint density at radius 1 is 1.16 bits per heavy atom. The minimum Gasteiger partial charge on any atom is -0.379 e. The minimum atomic E-state index is -0.668. The lowest BCUT2D eigenvalue weighted by molar-refractivity contribution is -0.393. The van der Waals surface area contributed by atoms with Gasteiger partial charge in [-0.2, -0.15) is 0 Å². The van der Waals surface area contributed by atoms with Crippen molar-refractivity contribution in [2.45, 2.75) is 6.42 Å². The van der Waals surface area contributed by atoms with E-state index in [0.717, 1.165) is 6.07 Å². The van der Waals surface area contributed by atoms with E-state index in [1.165, 1.54) is 12.1 Å². The number of nitrogens with zero attached hydrogens (tertiary/aromatic N) is 5. The van der Waals surface area contributed by atoms with E-state index in [2.05, 4.69) is 15.5 Å². The molecule has 0 bridgehead atoms. The molecule has 0 saturated heterocycles. The number of benzene rings is 1. The van der Waals surface area contributed by atoms with Gasteiger partial charge in [0.05, 0.1) is 15.9 Å². The lowest BCUT2D eigenvalue weighted by atomic mass is 10.2. The molecule has 0 spiro atoms. The molecule has 2 rings (SSSR count). The standard InChI is InChI=1S/C14H15ClN6O4/c1-19(14-6-5-13(15)17-18-14)8-2-7-16-11-4-3-10(20(22)23)9-12(11)21(24)25/h3-6,9,16H,2,7-8H2,1H3. The van der Waals surface area contributed by atoms with Gasteiger partial charge in [-0.3, -0.25) is 20.2 Å². The number of aromatic nitrogens is 2. The number of nitro benzene ring substituents is 2. The number of nitrogens with one attached hydrogen (secondary N) is 1. The first-order chi connectivity index (χ1) is 11.9. The average Bonchev–Trinajstić information content (AvgIpc) is 2.58. The van der Waals surface area contributed by atoms with E-state index >= 15 is 0 Å². The van der Waals surface area contributed by atoms with Gasteiger partial charge in [0.25, 0.3) is 11.4 Å². The lowest BCUT2D eigenvalue weighted by Gasteiger charge is -2.17. The second kappa shape index (κ2) is 8.20. The van der Waals surface area contributed by atoms with Crippen LogP contribution in [0.5, 0.6) is 0 Å². The molecule has 1 aromatic carbocycles. The summed E-state index contributed by atoms with van der Waals surface area (Å²) in [5, 5.41) is 32.7. The van der Waals surface area contributed by atoms with Crippen LogP contribution in [0, 0.1) is 20.2 Å². The molecule has 0 radical (unpaired) electrons. The van der Waals surface area contributed by atoms with Crippen molar-refractivity contribution in [2.75, 3.05) is 30.4 Å².